The van der Waals surface area contributed by atoms with E-state index in [0.29, 0.717) is 0 Å². The molecule has 1 heterocycles. The molecule has 0 spiro atoms. The van der Waals surface area contributed by atoms with E-state index >= 15 is 0 Å². The van der Waals surface area contributed by atoms with Crippen molar-refractivity contribution in [2.75, 3.05) is 16.8 Å². The molecule has 0 saturated carbocycles. The van der Waals surface area contributed by atoms with Crippen LogP contribution in [0.3, 0.4) is 0 Å². The number of hydrogen-bond donors (Lipinski definition) is 2. The van der Waals surface area contributed by atoms with E-state index in [1.54, 1.807) is 0 Å². The first-order valence-corrected chi connectivity index (χ1v) is 7.42. The summed E-state index contributed by atoms with van der Waals surface area (Å²) in [6.45, 7) is 3.97. The molecule has 1 aliphatic heterocycles. The summed E-state index contributed by atoms with van der Waals surface area (Å²) in [5.41, 5.74) is 3.10. The van der Waals surface area contributed by atoms with Gasteiger partial charge in [-0.15, -0.1) is 0 Å². The van der Waals surface area contributed by atoms with Crippen LogP contribution in [-0.4, -0.2) is 37.2 Å². The topological polar surface area (TPSA) is 66.4 Å². The van der Waals surface area contributed by atoms with Crippen molar-refractivity contribution in [3.8, 4) is 0 Å². The normalized spacial score (nSPS) is 27.0. The number of hydrogen-bond acceptors (Lipinski definition) is 4. The summed E-state index contributed by atoms with van der Waals surface area (Å²) in [5.74, 6) is -0.142. The van der Waals surface area contributed by atoms with E-state index in [1.165, 1.54) is 0 Å². The van der Waals surface area contributed by atoms with Crippen molar-refractivity contribution in [1.29, 1.82) is 0 Å². The minimum atomic E-state index is -3.10. The first-order chi connectivity index (χ1) is 7.87. The maximum atomic E-state index is 11.4. The molecule has 1 saturated heterocycles. The zero-order chi connectivity index (χ0) is 12.6. The molecule has 2 atom stereocenters. The molecule has 1 aromatic carbocycles. The zero-order valence-electron chi connectivity index (χ0n) is 9.97. The monoisotopic (exact) mass is 255 g/mol. The number of aliphatic hydroxyl groups excluding tert-OH is 1. The Hall–Kier alpha value is -1.07. The molecular weight excluding hydrogens is 238 g/mol. The van der Waals surface area contributed by atoms with Crippen molar-refractivity contribution in [1.82, 2.24) is 0 Å². The molecule has 1 aliphatic rings. The lowest BCUT2D eigenvalue weighted by Gasteiger charge is -2.18. The van der Waals surface area contributed by atoms with Gasteiger partial charge in [-0.25, -0.2) is 8.42 Å². The number of aliphatic hydroxyl groups is 1. The maximum Gasteiger partial charge on any atom is 0.155 e. The molecule has 1 aromatic rings. The van der Waals surface area contributed by atoms with E-state index in [0.717, 1.165) is 16.8 Å². The summed E-state index contributed by atoms with van der Waals surface area (Å²) < 4.78 is 22.8. The molecule has 0 bridgehead atoms. The lowest BCUT2D eigenvalue weighted by atomic mass is 10.1. The summed E-state index contributed by atoms with van der Waals surface area (Å²) in [6.07, 6.45) is -0.819. The van der Waals surface area contributed by atoms with Crippen molar-refractivity contribution in [2.24, 2.45) is 0 Å². The highest BCUT2D eigenvalue weighted by atomic mass is 32.2. The Labute approximate surface area is 102 Å². The number of benzene rings is 1. The van der Waals surface area contributed by atoms with Crippen molar-refractivity contribution in [3.63, 3.8) is 0 Å². The standard InChI is InChI=1S/C12H17NO3S/c1-8-3-4-10(9(2)5-8)13-11-6-17(15,16)7-12(11)14/h3-5,11-14H,6-7H2,1-2H3. The Morgan fingerprint density at radius 2 is 2.00 bits per heavy atom. The van der Waals surface area contributed by atoms with Gasteiger partial charge in [0.05, 0.1) is 23.7 Å². The predicted octanol–water partition coefficient (Wildman–Crippen LogP) is 0.873. The zero-order valence-corrected chi connectivity index (χ0v) is 10.8. The van der Waals surface area contributed by atoms with E-state index in [2.05, 4.69) is 5.32 Å². The largest absolute Gasteiger partial charge is 0.390 e. The summed E-state index contributed by atoms with van der Waals surface area (Å²) in [6, 6.07) is 5.51. The fraction of sp³-hybridized carbons (Fsp3) is 0.500. The molecule has 5 heteroatoms. The SMILES string of the molecule is Cc1ccc(NC2CS(=O)(=O)CC2O)c(C)c1. The van der Waals surface area contributed by atoms with E-state index in [-0.39, 0.29) is 11.5 Å². The van der Waals surface area contributed by atoms with Gasteiger partial charge >= 0.3 is 0 Å². The second-order valence-electron chi connectivity index (χ2n) is 4.71. The van der Waals surface area contributed by atoms with Gasteiger partial charge in [0.2, 0.25) is 0 Å². The summed E-state index contributed by atoms with van der Waals surface area (Å²) in [4.78, 5) is 0. The highest BCUT2D eigenvalue weighted by Gasteiger charge is 2.36. The van der Waals surface area contributed by atoms with Gasteiger partial charge in [-0.1, -0.05) is 17.7 Å². The van der Waals surface area contributed by atoms with Crippen LogP contribution in [0.25, 0.3) is 0 Å². The van der Waals surface area contributed by atoms with E-state index < -0.39 is 22.0 Å². The fourth-order valence-corrected chi connectivity index (χ4v) is 3.88. The van der Waals surface area contributed by atoms with Gasteiger partial charge in [0, 0.05) is 5.69 Å². The Balaban J connectivity index is 2.17. The number of aryl methyl sites for hydroxylation is 2. The summed E-state index contributed by atoms with van der Waals surface area (Å²) in [7, 11) is -3.10. The van der Waals surface area contributed by atoms with Gasteiger partial charge in [0.15, 0.2) is 9.84 Å². The Bertz CT molecular complexity index is 525. The van der Waals surface area contributed by atoms with Gasteiger partial charge < -0.3 is 10.4 Å². The van der Waals surface area contributed by atoms with E-state index in [1.807, 2.05) is 32.0 Å². The van der Waals surface area contributed by atoms with Crippen molar-refractivity contribution in [3.05, 3.63) is 29.3 Å². The minimum Gasteiger partial charge on any atom is -0.390 e. The van der Waals surface area contributed by atoms with Crippen LogP contribution in [-0.2, 0) is 9.84 Å². The Kier molecular flexibility index (Phi) is 3.14. The average Bonchev–Trinajstić information content (AvgIpc) is 2.44. The third kappa shape index (κ3) is 2.79. The van der Waals surface area contributed by atoms with E-state index in [9.17, 15) is 13.5 Å². The van der Waals surface area contributed by atoms with Gasteiger partial charge in [-0.3, -0.25) is 0 Å². The predicted molar refractivity (Wildman–Crippen MR) is 68.0 cm³/mol. The minimum absolute atomic E-state index is 0.00147. The smallest absolute Gasteiger partial charge is 0.155 e. The quantitative estimate of drug-likeness (QED) is 0.823. The molecule has 94 valence electrons. The molecule has 17 heavy (non-hydrogen) atoms. The lowest BCUT2D eigenvalue weighted by molar-refractivity contribution is 0.190. The number of rotatable bonds is 2. The van der Waals surface area contributed by atoms with Crippen LogP contribution in [0.15, 0.2) is 18.2 Å². The van der Waals surface area contributed by atoms with Crippen LogP contribution < -0.4 is 5.32 Å². The van der Waals surface area contributed by atoms with Crippen LogP contribution >= 0.6 is 0 Å². The first kappa shape index (κ1) is 12.4. The molecular formula is C12H17NO3S. The second-order valence-corrected chi connectivity index (χ2v) is 6.87. The summed E-state index contributed by atoms with van der Waals surface area (Å²) >= 11 is 0. The molecule has 0 aromatic heterocycles. The molecule has 1 fully saturated rings. The summed E-state index contributed by atoms with van der Waals surface area (Å²) in [5, 5.41) is 12.8. The third-order valence-electron chi connectivity index (χ3n) is 3.05. The van der Waals surface area contributed by atoms with Crippen molar-refractivity contribution in [2.45, 2.75) is 26.0 Å². The number of sulfone groups is 1. The van der Waals surface area contributed by atoms with Crippen LogP contribution in [0.2, 0.25) is 0 Å². The first-order valence-electron chi connectivity index (χ1n) is 5.60. The van der Waals surface area contributed by atoms with Gasteiger partial charge in [-0.05, 0) is 25.5 Å². The average molecular weight is 255 g/mol. The Morgan fingerprint density at radius 3 is 2.53 bits per heavy atom. The fourth-order valence-electron chi connectivity index (χ4n) is 2.14. The molecule has 2 N–H and O–H groups in total. The second kappa shape index (κ2) is 4.31. The van der Waals surface area contributed by atoms with E-state index in [4.69, 9.17) is 0 Å². The molecule has 2 rings (SSSR count). The lowest BCUT2D eigenvalue weighted by Crippen LogP contribution is -2.32. The highest BCUT2D eigenvalue weighted by molar-refractivity contribution is 7.91. The maximum absolute atomic E-state index is 11.4. The van der Waals surface area contributed by atoms with Gasteiger partial charge in [0.1, 0.15) is 0 Å². The molecule has 0 amide bonds. The number of nitrogens with one attached hydrogen (secondary N) is 1. The van der Waals surface area contributed by atoms with Gasteiger partial charge in [0.25, 0.3) is 0 Å². The van der Waals surface area contributed by atoms with Gasteiger partial charge in [-0.2, -0.15) is 0 Å². The molecule has 4 nitrogen and oxygen atoms in total. The molecule has 0 radical (unpaired) electrons. The third-order valence-corrected chi connectivity index (χ3v) is 4.76. The van der Waals surface area contributed by atoms with Crippen LogP contribution in [0.5, 0.6) is 0 Å². The van der Waals surface area contributed by atoms with Crippen LogP contribution in [0.4, 0.5) is 5.69 Å². The molecule has 0 aliphatic carbocycles. The highest BCUT2D eigenvalue weighted by Crippen LogP contribution is 2.21. The van der Waals surface area contributed by atoms with Crippen LogP contribution in [0.1, 0.15) is 11.1 Å². The number of anilines is 1. The molecule has 2 unspecified atom stereocenters. The van der Waals surface area contributed by atoms with Crippen LogP contribution in [0, 0.1) is 13.8 Å². The van der Waals surface area contributed by atoms with Crippen molar-refractivity contribution < 1.29 is 13.5 Å². The Morgan fingerprint density at radius 1 is 1.29 bits per heavy atom. The van der Waals surface area contributed by atoms with Crippen molar-refractivity contribution >= 4 is 15.5 Å².